The molecular formula is C21H26N2O2. The number of anilines is 1. The van der Waals surface area contributed by atoms with Crippen LogP contribution in [0.25, 0.3) is 0 Å². The lowest BCUT2D eigenvalue weighted by Gasteiger charge is -2.20. The number of likely N-dealkylation sites (N-methyl/N-ethyl adjacent to an activating group) is 1. The van der Waals surface area contributed by atoms with Gasteiger partial charge in [0.05, 0.1) is 6.54 Å². The van der Waals surface area contributed by atoms with Gasteiger partial charge in [0.1, 0.15) is 0 Å². The Balaban J connectivity index is 1.90. The minimum Gasteiger partial charge on any atom is -0.336 e. The normalized spacial score (nSPS) is 11.7. The van der Waals surface area contributed by atoms with Crippen molar-refractivity contribution in [1.29, 1.82) is 0 Å². The summed E-state index contributed by atoms with van der Waals surface area (Å²) in [6.45, 7) is 6.01. The van der Waals surface area contributed by atoms with E-state index in [-0.39, 0.29) is 24.3 Å². The SMILES string of the molecule is Cc1ccc(C)c(NC(=O)CN(C)C(=O)CC(C)c2ccccc2)c1. The Hall–Kier alpha value is -2.62. The number of rotatable bonds is 6. The first-order valence-corrected chi connectivity index (χ1v) is 8.53. The predicted molar refractivity (Wildman–Crippen MR) is 102 cm³/mol. The third-order valence-corrected chi connectivity index (χ3v) is 4.32. The maximum Gasteiger partial charge on any atom is 0.243 e. The number of nitrogens with zero attached hydrogens (tertiary/aromatic N) is 1. The van der Waals surface area contributed by atoms with E-state index >= 15 is 0 Å². The average molecular weight is 338 g/mol. The predicted octanol–water partition coefficient (Wildman–Crippen LogP) is 3.89. The molecule has 4 heteroatoms. The third-order valence-electron chi connectivity index (χ3n) is 4.32. The van der Waals surface area contributed by atoms with E-state index in [0.717, 1.165) is 22.4 Å². The van der Waals surface area contributed by atoms with E-state index in [9.17, 15) is 9.59 Å². The number of benzene rings is 2. The fourth-order valence-corrected chi connectivity index (χ4v) is 2.68. The first-order valence-electron chi connectivity index (χ1n) is 8.53. The zero-order valence-corrected chi connectivity index (χ0v) is 15.4. The second kappa shape index (κ2) is 8.47. The monoisotopic (exact) mass is 338 g/mol. The molecule has 2 amide bonds. The molecule has 0 spiro atoms. The van der Waals surface area contributed by atoms with Crippen LogP contribution in [0.1, 0.15) is 36.0 Å². The zero-order chi connectivity index (χ0) is 18.4. The van der Waals surface area contributed by atoms with E-state index in [1.54, 1.807) is 7.05 Å². The number of carbonyl (C=O) groups is 2. The van der Waals surface area contributed by atoms with Crippen LogP contribution in [0.4, 0.5) is 5.69 Å². The smallest absolute Gasteiger partial charge is 0.243 e. The summed E-state index contributed by atoms with van der Waals surface area (Å²) in [4.78, 5) is 26.1. The lowest BCUT2D eigenvalue weighted by atomic mass is 9.97. The summed E-state index contributed by atoms with van der Waals surface area (Å²) in [5.41, 5.74) is 4.01. The first-order chi connectivity index (χ1) is 11.9. The Morgan fingerprint density at radius 1 is 1.08 bits per heavy atom. The van der Waals surface area contributed by atoms with Crippen molar-refractivity contribution in [2.24, 2.45) is 0 Å². The highest BCUT2D eigenvalue weighted by molar-refractivity contribution is 5.95. The zero-order valence-electron chi connectivity index (χ0n) is 15.4. The van der Waals surface area contributed by atoms with Gasteiger partial charge >= 0.3 is 0 Å². The molecule has 0 radical (unpaired) electrons. The van der Waals surface area contributed by atoms with Crippen molar-refractivity contribution < 1.29 is 9.59 Å². The van der Waals surface area contributed by atoms with Gasteiger partial charge in [0.2, 0.25) is 11.8 Å². The number of hydrogen-bond acceptors (Lipinski definition) is 2. The van der Waals surface area contributed by atoms with E-state index in [1.807, 2.05) is 69.3 Å². The molecule has 132 valence electrons. The molecule has 1 unspecified atom stereocenters. The summed E-state index contributed by atoms with van der Waals surface area (Å²) in [5, 5.41) is 2.89. The molecule has 0 saturated heterocycles. The van der Waals surface area contributed by atoms with Gasteiger partial charge in [0.25, 0.3) is 0 Å². The number of carbonyl (C=O) groups excluding carboxylic acids is 2. The number of amides is 2. The van der Waals surface area contributed by atoms with Crippen LogP contribution < -0.4 is 5.32 Å². The van der Waals surface area contributed by atoms with Crippen LogP contribution >= 0.6 is 0 Å². The molecule has 0 heterocycles. The van der Waals surface area contributed by atoms with Crippen molar-refractivity contribution in [2.45, 2.75) is 33.1 Å². The average Bonchev–Trinajstić information content (AvgIpc) is 2.58. The van der Waals surface area contributed by atoms with Crippen molar-refractivity contribution in [3.63, 3.8) is 0 Å². The van der Waals surface area contributed by atoms with Crippen LogP contribution in [0, 0.1) is 13.8 Å². The fourth-order valence-electron chi connectivity index (χ4n) is 2.68. The van der Waals surface area contributed by atoms with Crippen molar-refractivity contribution in [3.05, 3.63) is 65.2 Å². The molecule has 2 rings (SSSR count). The number of hydrogen-bond donors (Lipinski definition) is 1. The highest BCUT2D eigenvalue weighted by Gasteiger charge is 2.17. The van der Waals surface area contributed by atoms with E-state index in [4.69, 9.17) is 0 Å². The van der Waals surface area contributed by atoms with Crippen molar-refractivity contribution >= 4 is 17.5 Å². The Morgan fingerprint density at radius 3 is 2.44 bits per heavy atom. The molecule has 0 aliphatic heterocycles. The molecular weight excluding hydrogens is 312 g/mol. The molecule has 0 aliphatic carbocycles. The van der Waals surface area contributed by atoms with Gasteiger partial charge in [-0.05, 0) is 42.5 Å². The summed E-state index contributed by atoms with van der Waals surface area (Å²) in [5.74, 6) is -0.0948. The highest BCUT2D eigenvalue weighted by Crippen LogP contribution is 2.19. The largest absolute Gasteiger partial charge is 0.336 e. The van der Waals surface area contributed by atoms with Gasteiger partial charge in [-0.3, -0.25) is 9.59 Å². The molecule has 0 fully saturated rings. The minimum absolute atomic E-state index is 0.0348. The topological polar surface area (TPSA) is 49.4 Å². The molecule has 1 N–H and O–H groups in total. The lowest BCUT2D eigenvalue weighted by molar-refractivity contribution is -0.133. The highest BCUT2D eigenvalue weighted by atomic mass is 16.2. The fraction of sp³-hybridized carbons (Fsp3) is 0.333. The van der Waals surface area contributed by atoms with E-state index < -0.39 is 0 Å². The summed E-state index contributed by atoms with van der Waals surface area (Å²) in [6.07, 6.45) is 0.386. The van der Waals surface area contributed by atoms with Crippen molar-refractivity contribution in [1.82, 2.24) is 4.90 Å². The quantitative estimate of drug-likeness (QED) is 0.868. The molecule has 0 bridgehead atoms. The van der Waals surface area contributed by atoms with Gasteiger partial charge in [0, 0.05) is 19.2 Å². The summed E-state index contributed by atoms with van der Waals surface area (Å²) in [6, 6.07) is 15.9. The molecule has 4 nitrogen and oxygen atoms in total. The van der Waals surface area contributed by atoms with Crippen LogP contribution in [0.5, 0.6) is 0 Å². The molecule has 2 aromatic carbocycles. The summed E-state index contributed by atoms with van der Waals surface area (Å²) >= 11 is 0. The second-order valence-electron chi connectivity index (χ2n) is 6.63. The Bertz CT molecular complexity index is 741. The van der Waals surface area contributed by atoms with Crippen molar-refractivity contribution in [3.8, 4) is 0 Å². The van der Waals surface area contributed by atoms with E-state index in [1.165, 1.54) is 4.90 Å². The van der Waals surface area contributed by atoms with Crippen LogP contribution in [0.2, 0.25) is 0 Å². The molecule has 0 saturated carbocycles. The molecule has 1 atom stereocenters. The van der Waals surface area contributed by atoms with E-state index in [0.29, 0.717) is 6.42 Å². The molecule has 0 aliphatic rings. The molecule has 2 aromatic rings. The Labute approximate surface area is 149 Å². The number of nitrogens with one attached hydrogen (secondary N) is 1. The maximum atomic E-state index is 12.4. The van der Waals surface area contributed by atoms with Gasteiger partial charge in [-0.2, -0.15) is 0 Å². The van der Waals surface area contributed by atoms with Crippen LogP contribution in [0.15, 0.2) is 48.5 Å². The third kappa shape index (κ3) is 5.45. The van der Waals surface area contributed by atoms with Gasteiger partial charge in [-0.25, -0.2) is 0 Å². The van der Waals surface area contributed by atoms with Gasteiger partial charge in [0.15, 0.2) is 0 Å². The van der Waals surface area contributed by atoms with Gasteiger partial charge < -0.3 is 10.2 Å². The number of aryl methyl sites for hydroxylation is 2. The first kappa shape index (κ1) is 18.7. The summed E-state index contributed by atoms with van der Waals surface area (Å²) < 4.78 is 0. The van der Waals surface area contributed by atoms with E-state index in [2.05, 4.69) is 5.32 Å². The van der Waals surface area contributed by atoms with Crippen molar-refractivity contribution in [2.75, 3.05) is 18.9 Å². The molecule has 25 heavy (non-hydrogen) atoms. The van der Waals surface area contributed by atoms with Crippen LogP contribution in [-0.2, 0) is 9.59 Å². The molecule has 0 aromatic heterocycles. The Kier molecular flexibility index (Phi) is 6.34. The van der Waals surface area contributed by atoms with Crippen LogP contribution in [0.3, 0.4) is 0 Å². The Morgan fingerprint density at radius 2 is 1.76 bits per heavy atom. The maximum absolute atomic E-state index is 12.4. The standard InChI is InChI=1S/C21H26N2O2/c1-15-10-11-16(2)19(12-15)22-20(24)14-23(4)21(25)13-17(3)18-8-6-5-7-9-18/h5-12,17H,13-14H2,1-4H3,(H,22,24). The van der Waals surface area contributed by atoms with Gasteiger partial charge in [-0.15, -0.1) is 0 Å². The van der Waals surface area contributed by atoms with Crippen LogP contribution in [-0.4, -0.2) is 30.3 Å². The summed E-state index contributed by atoms with van der Waals surface area (Å²) in [7, 11) is 1.67. The second-order valence-corrected chi connectivity index (χ2v) is 6.63. The minimum atomic E-state index is -0.183. The lowest BCUT2D eigenvalue weighted by Crippen LogP contribution is -2.35. The van der Waals surface area contributed by atoms with Gasteiger partial charge in [-0.1, -0.05) is 49.4 Å².